The molecular formula is C21H21Cl3N4O4. The number of carbonyl (C=O) groups excluding carboxylic acids is 3. The molecule has 4 N–H and O–H groups in total. The van der Waals surface area contributed by atoms with Crippen molar-refractivity contribution in [3.63, 3.8) is 0 Å². The van der Waals surface area contributed by atoms with Crippen LogP contribution in [-0.2, 0) is 9.59 Å². The molecule has 11 heteroatoms. The quantitative estimate of drug-likeness (QED) is 0.361. The summed E-state index contributed by atoms with van der Waals surface area (Å²) < 4.78 is 5.30. The van der Waals surface area contributed by atoms with Crippen LogP contribution in [0, 0.1) is 5.92 Å². The summed E-state index contributed by atoms with van der Waals surface area (Å²) in [5.74, 6) is -1.60. The minimum Gasteiger partial charge on any atom is -0.483 e. The fourth-order valence-electron chi connectivity index (χ4n) is 2.53. The van der Waals surface area contributed by atoms with Crippen LogP contribution in [0.4, 0.5) is 0 Å². The van der Waals surface area contributed by atoms with Crippen molar-refractivity contribution in [1.82, 2.24) is 10.7 Å². The molecule has 0 aliphatic rings. The van der Waals surface area contributed by atoms with Gasteiger partial charge in [-0.3, -0.25) is 14.4 Å². The lowest BCUT2D eigenvalue weighted by Crippen LogP contribution is -2.48. The number of primary amides is 1. The summed E-state index contributed by atoms with van der Waals surface area (Å²) in [6.07, 6.45) is 1.30. The summed E-state index contributed by atoms with van der Waals surface area (Å²) in [4.78, 5) is 36.1. The van der Waals surface area contributed by atoms with Crippen molar-refractivity contribution < 1.29 is 19.1 Å². The second-order valence-corrected chi connectivity index (χ2v) is 8.25. The van der Waals surface area contributed by atoms with E-state index in [2.05, 4.69) is 15.8 Å². The number of carbonyl (C=O) groups is 3. The van der Waals surface area contributed by atoms with Crippen LogP contribution in [-0.4, -0.2) is 36.6 Å². The molecule has 2 aromatic carbocycles. The number of nitrogens with zero attached hydrogens (tertiary/aromatic N) is 1. The number of ether oxygens (including phenoxy) is 1. The van der Waals surface area contributed by atoms with Crippen molar-refractivity contribution in [1.29, 1.82) is 0 Å². The second-order valence-electron chi connectivity index (χ2n) is 7.00. The lowest BCUT2D eigenvalue weighted by Gasteiger charge is -2.20. The van der Waals surface area contributed by atoms with Gasteiger partial charge in [0.05, 0.1) is 16.3 Å². The maximum absolute atomic E-state index is 12.6. The van der Waals surface area contributed by atoms with Crippen LogP contribution in [0.2, 0.25) is 15.1 Å². The van der Waals surface area contributed by atoms with E-state index in [1.165, 1.54) is 24.4 Å². The predicted molar refractivity (Wildman–Crippen MR) is 124 cm³/mol. The zero-order valence-electron chi connectivity index (χ0n) is 17.2. The maximum atomic E-state index is 12.6. The first-order valence-corrected chi connectivity index (χ1v) is 10.5. The Hall–Kier alpha value is -2.81. The highest BCUT2D eigenvalue weighted by molar-refractivity contribution is 6.42. The van der Waals surface area contributed by atoms with E-state index in [0.29, 0.717) is 21.4 Å². The molecule has 2 aromatic rings. The largest absolute Gasteiger partial charge is 0.483 e. The van der Waals surface area contributed by atoms with Crippen LogP contribution in [0.5, 0.6) is 5.75 Å². The van der Waals surface area contributed by atoms with Crippen LogP contribution in [0.1, 0.15) is 29.8 Å². The molecule has 0 spiro atoms. The van der Waals surface area contributed by atoms with E-state index in [9.17, 15) is 14.4 Å². The SMILES string of the molecule is CC(C)C(NC(=O)c1ccc(Cl)c(Cl)c1)C(=O)N/N=C/c1cc(Cl)ccc1OCC(N)=O. The third-order valence-electron chi connectivity index (χ3n) is 4.14. The average molecular weight is 500 g/mol. The Morgan fingerprint density at radius 3 is 2.44 bits per heavy atom. The van der Waals surface area contributed by atoms with Gasteiger partial charge >= 0.3 is 0 Å². The third kappa shape index (κ3) is 7.40. The summed E-state index contributed by atoms with van der Waals surface area (Å²) in [6.45, 7) is 3.22. The monoisotopic (exact) mass is 498 g/mol. The molecule has 0 bridgehead atoms. The van der Waals surface area contributed by atoms with E-state index in [4.69, 9.17) is 45.3 Å². The number of hydrazone groups is 1. The molecule has 0 aromatic heterocycles. The highest BCUT2D eigenvalue weighted by Crippen LogP contribution is 2.23. The van der Waals surface area contributed by atoms with E-state index >= 15 is 0 Å². The van der Waals surface area contributed by atoms with Crippen LogP contribution >= 0.6 is 34.8 Å². The van der Waals surface area contributed by atoms with Crippen molar-refractivity contribution in [3.05, 3.63) is 62.6 Å². The van der Waals surface area contributed by atoms with Crippen molar-refractivity contribution in [3.8, 4) is 5.75 Å². The normalized spacial score (nSPS) is 11.9. The lowest BCUT2D eigenvalue weighted by atomic mass is 10.0. The van der Waals surface area contributed by atoms with E-state index in [-0.39, 0.29) is 23.1 Å². The second kappa shape index (κ2) is 11.7. The van der Waals surface area contributed by atoms with Crippen molar-refractivity contribution >= 4 is 58.7 Å². The summed E-state index contributed by atoms with van der Waals surface area (Å²) in [6, 6.07) is 8.20. The van der Waals surface area contributed by atoms with Gasteiger partial charge < -0.3 is 15.8 Å². The average Bonchev–Trinajstić information content (AvgIpc) is 2.72. The number of benzene rings is 2. The first-order chi connectivity index (χ1) is 15.1. The molecule has 1 unspecified atom stereocenters. The van der Waals surface area contributed by atoms with Gasteiger partial charge in [-0.05, 0) is 42.3 Å². The van der Waals surface area contributed by atoms with Crippen LogP contribution in [0.3, 0.4) is 0 Å². The van der Waals surface area contributed by atoms with Crippen molar-refractivity contribution in [2.45, 2.75) is 19.9 Å². The van der Waals surface area contributed by atoms with Gasteiger partial charge in [-0.25, -0.2) is 5.43 Å². The molecule has 0 aliphatic heterocycles. The Morgan fingerprint density at radius 1 is 1.09 bits per heavy atom. The van der Waals surface area contributed by atoms with E-state index in [1.807, 2.05) is 0 Å². The molecule has 1 atom stereocenters. The summed E-state index contributed by atoms with van der Waals surface area (Å²) in [5, 5.41) is 7.51. The van der Waals surface area contributed by atoms with Crippen LogP contribution in [0.15, 0.2) is 41.5 Å². The number of halogens is 3. The van der Waals surface area contributed by atoms with Crippen LogP contribution < -0.4 is 21.2 Å². The molecule has 8 nitrogen and oxygen atoms in total. The Kier molecular flexibility index (Phi) is 9.31. The maximum Gasteiger partial charge on any atom is 0.262 e. The highest BCUT2D eigenvalue weighted by Gasteiger charge is 2.24. The van der Waals surface area contributed by atoms with Gasteiger partial charge in [-0.2, -0.15) is 5.10 Å². The first kappa shape index (κ1) is 25.5. The standard InChI is InChI=1S/C21H21Cl3N4O4/c1-11(2)19(27-20(30)12-3-5-15(23)16(24)8-12)21(31)28-26-9-13-7-14(22)4-6-17(13)32-10-18(25)29/h3-9,11,19H,10H2,1-2H3,(H2,25,29)(H,27,30)(H,28,31)/b26-9+. The minimum atomic E-state index is -0.876. The molecule has 3 amide bonds. The smallest absolute Gasteiger partial charge is 0.262 e. The minimum absolute atomic E-state index is 0.227. The van der Waals surface area contributed by atoms with E-state index < -0.39 is 23.8 Å². The Labute approximate surface area is 200 Å². The summed E-state index contributed by atoms with van der Waals surface area (Å²) in [7, 11) is 0. The number of amides is 3. The van der Waals surface area contributed by atoms with E-state index in [1.54, 1.807) is 32.0 Å². The summed E-state index contributed by atoms with van der Waals surface area (Å²) >= 11 is 17.8. The Bertz CT molecular complexity index is 1040. The van der Waals surface area contributed by atoms with Gasteiger partial charge in [-0.1, -0.05) is 48.7 Å². The zero-order valence-corrected chi connectivity index (χ0v) is 19.5. The molecule has 0 saturated heterocycles. The van der Waals surface area contributed by atoms with E-state index in [0.717, 1.165) is 0 Å². The fourth-order valence-corrected chi connectivity index (χ4v) is 3.01. The first-order valence-electron chi connectivity index (χ1n) is 9.38. The Balaban J connectivity index is 2.09. The predicted octanol–water partition coefficient (Wildman–Crippen LogP) is 3.42. The molecule has 0 heterocycles. The van der Waals surface area contributed by atoms with Gasteiger partial charge in [0.1, 0.15) is 11.8 Å². The number of nitrogens with one attached hydrogen (secondary N) is 2. The fraction of sp³-hybridized carbons (Fsp3) is 0.238. The summed E-state index contributed by atoms with van der Waals surface area (Å²) in [5.41, 5.74) is 8.15. The topological polar surface area (TPSA) is 123 Å². The molecule has 0 aliphatic carbocycles. The van der Waals surface area contributed by atoms with Gasteiger partial charge in [0.25, 0.3) is 17.7 Å². The lowest BCUT2D eigenvalue weighted by molar-refractivity contribution is -0.124. The molecule has 0 radical (unpaired) electrons. The molecule has 2 rings (SSSR count). The van der Waals surface area contributed by atoms with Gasteiger partial charge in [0.2, 0.25) is 0 Å². The number of nitrogens with two attached hydrogens (primary N) is 1. The molecule has 32 heavy (non-hydrogen) atoms. The van der Waals surface area contributed by atoms with Crippen molar-refractivity contribution in [2.75, 3.05) is 6.61 Å². The zero-order chi connectivity index (χ0) is 23.8. The third-order valence-corrected chi connectivity index (χ3v) is 5.11. The van der Waals surface area contributed by atoms with Gasteiger partial charge in [0.15, 0.2) is 6.61 Å². The molecule has 0 saturated carbocycles. The molecule has 0 fully saturated rings. The molecule has 170 valence electrons. The number of rotatable bonds is 9. The van der Waals surface area contributed by atoms with Crippen LogP contribution in [0.25, 0.3) is 0 Å². The molecular weight excluding hydrogens is 479 g/mol. The highest BCUT2D eigenvalue weighted by atomic mass is 35.5. The van der Waals surface area contributed by atoms with Gasteiger partial charge in [-0.15, -0.1) is 0 Å². The van der Waals surface area contributed by atoms with Gasteiger partial charge in [0, 0.05) is 16.1 Å². The number of hydrogen-bond acceptors (Lipinski definition) is 5. The Morgan fingerprint density at radius 2 is 1.81 bits per heavy atom. The van der Waals surface area contributed by atoms with Crippen molar-refractivity contribution in [2.24, 2.45) is 16.8 Å². The number of hydrogen-bond donors (Lipinski definition) is 3.